The lowest BCUT2D eigenvalue weighted by Gasteiger charge is -2.33. The third-order valence-corrected chi connectivity index (χ3v) is 6.15. The Hall–Kier alpha value is -3.41. The number of aromatic nitrogens is 2. The van der Waals surface area contributed by atoms with Gasteiger partial charge in [-0.3, -0.25) is 9.59 Å². The lowest BCUT2D eigenvalue weighted by Crippen LogP contribution is -2.39. The van der Waals surface area contributed by atoms with Crippen LogP contribution in [0.2, 0.25) is 0 Å². The minimum Gasteiger partial charge on any atom is -0.468 e. The first-order valence-corrected chi connectivity index (χ1v) is 12.4. The molecule has 1 fully saturated rings. The van der Waals surface area contributed by atoms with Gasteiger partial charge in [0, 0.05) is 37.9 Å². The smallest absolute Gasteiger partial charge is 0.422 e. The fourth-order valence-corrected chi connectivity index (χ4v) is 4.03. The molecule has 1 atom stereocenters. The molecule has 1 saturated heterocycles. The van der Waals surface area contributed by atoms with Crippen molar-refractivity contribution in [2.75, 3.05) is 37.0 Å². The molecule has 2 N–H and O–H groups in total. The number of rotatable bonds is 9. The molecule has 0 aromatic carbocycles. The number of alkyl halides is 3. The summed E-state index contributed by atoms with van der Waals surface area (Å²) in [5, 5.41) is 5.69. The summed E-state index contributed by atoms with van der Waals surface area (Å²) in [6.45, 7) is 6.69. The van der Waals surface area contributed by atoms with Gasteiger partial charge >= 0.3 is 6.18 Å². The van der Waals surface area contributed by atoms with Gasteiger partial charge in [0.2, 0.25) is 11.8 Å². The monoisotopic (exact) mass is 537 g/mol. The summed E-state index contributed by atoms with van der Waals surface area (Å²) >= 11 is 0. The van der Waals surface area contributed by atoms with Crippen molar-refractivity contribution in [1.82, 2.24) is 15.3 Å². The van der Waals surface area contributed by atoms with Crippen LogP contribution in [0.15, 0.2) is 24.3 Å². The molecule has 1 aliphatic heterocycles. The molecule has 1 aliphatic rings. The number of halogens is 3. The number of carbonyl (C=O) groups excluding carboxylic acids is 2. The highest BCUT2D eigenvalue weighted by Crippen LogP contribution is 2.28. The van der Waals surface area contributed by atoms with Crippen LogP contribution < -0.4 is 20.3 Å². The van der Waals surface area contributed by atoms with Crippen LogP contribution >= 0.6 is 0 Å². The zero-order chi connectivity index (χ0) is 28.0. The van der Waals surface area contributed by atoms with Crippen LogP contribution in [0.25, 0.3) is 0 Å². The molecule has 0 saturated carbocycles. The Labute approximate surface area is 220 Å². The fraction of sp³-hybridized carbons (Fsp3) is 0.538. The van der Waals surface area contributed by atoms with E-state index in [1.54, 1.807) is 46.9 Å². The Balaban J connectivity index is 1.83. The van der Waals surface area contributed by atoms with Gasteiger partial charge in [0.15, 0.2) is 6.61 Å². The first kappa shape index (κ1) is 29.2. The van der Waals surface area contributed by atoms with Crippen molar-refractivity contribution in [2.45, 2.75) is 58.9 Å². The van der Waals surface area contributed by atoms with Crippen LogP contribution in [0, 0.1) is 12.8 Å². The zero-order valence-corrected chi connectivity index (χ0v) is 22.2. The quantitative estimate of drug-likeness (QED) is 0.488. The number of nitrogens with one attached hydrogen (secondary N) is 2. The molecule has 0 aliphatic carbocycles. The van der Waals surface area contributed by atoms with E-state index >= 15 is 0 Å². The van der Waals surface area contributed by atoms with Crippen LogP contribution in [0.1, 0.15) is 61.3 Å². The lowest BCUT2D eigenvalue weighted by molar-refractivity contribution is -0.154. The predicted molar refractivity (Wildman–Crippen MR) is 136 cm³/mol. The van der Waals surface area contributed by atoms with E-state index in [-0.39, 0.29) is 35.2 Å². The molecule has 38 heavy (non-hydrogen) atoms. The average Bonchev–Trinajstić information content (AvgIpc) is 2.86. The molecule has 0 spiro atoms. The maximum absolute atomic E-state index is 13.4. The summed E-state index contributed by atoms with van der Waals surface area (Å²) in [7, 11) is 1.63. The molecule has 1 unspecified atom stereocenters. The van der Waals surface area contributed by atoms with Gasteiger partial charge < -0.3 is 25.0 Å². The van der Waals surface area contributed by atoms with Gasteiger partial charge in [-0.1, -0.05) is 13.8 Å². The molecule has 208 valence electrons. The van der Waals surface area contributed by atoms with E-state index in [1.165, 1.54) is 12.1 Å². The highest BCUT2D eigenvalue weighted by Gasteiger charge is 2.30. The highest BCUT2D eigenvalue weighted by atomic mass is 19.4. The highest BCUT2D eigenvalue weighted by molar-refractivity contribution is 5.99. The molecule has 2 aromatic rings. The second-order valence-corrected chi connectivity index (χ2v) is 9.61. The van der Waals surface area contributed by atoms with Gasteiger partial charge in [0.25, 0.3) is 5.91 Å². The Morgan fingerprint density at radius 2 is 1.82 bits per heavy atom. The molecule has 0 bridgehead atoms. The normalized spacial score (nSPS) is 15.3. The van der Waals surface area contributed by atoms with Gasteiger partial charge in [0.1, 0.15) is 11.6 Å². The number of hydrogen-bond donors (Lipinski definition) is 2. The van der Waals surface area contributed by atoms with E-state index < -0.39 is 24.7 Å². The zero-order valence-electron chi connectivity index (χ0n) is 22.2. The molecule has 2 amide bonds. The van der Waals surface area contributed by atoms with Crippen molar-refractivity contribution in [3.8, 4) is 5.88 Å². The first-order chi connectivity index (χ1) is 17.9. The molecule has 12 heteroatoms. The molecular formula is C26H34F3N5O4. The first-order valence-electron chi connectivity index (χ1n) is 12.4. The minimum absolute atomic E-state index is 0.0634. The van der Waals surface area contributed by atoms with Crippen molar-refractivity contribution in [1.29, 1.82) is 0 Å². The van der Waals surface area contributed by atoms with Gasteiger partial charge in [0.05, 0.1) is 17.7 Å². The minimum atomic E-state index is -4.51. The summed E-state index contributed by atoms with van der Waals surface area (Å²) in [6, 6.07) is 5.71. The number of amides is 2. The summed E-state index contributed by atoms with van der Waals surface area (Å²) < 4.78 is 48.3. The van der Waals surface area contributed by atoms with Crippen LogP contribution in [0.3, 0.4) is 0 Å². The maximum Gasteiger partial charge on any atom is 0.422 e. The van der Waals surface area contributed by atoms with Crippen molar-refractivity contribution in [3.05, 3.63) is 41.1 Å². The summed E-state index contributed by atoms with van der Waals surface area (Å²) in [4.78, 5) is 35.9. The maximum atomic E-state index is 13.4. The molecule has 3 rings (SSSR count). The SMILES string of the molecule is COC1CCN(c2nc(OCC(F)(F)F)ccc2C(=O)NC(C)c2cc(C)nc(NC(=O)C(C)C)c2)CC1. The molecule has 9 nitrogen and oxygen atoms in total. The Bertz CT molecular complexity index is 1130. The van der Waals surface area contributed by atoms with Crippen LogP contribution in [-0.4, -0.2) is 60.9 Å². The molecule has 2 aromatic heterocycles. The summed E-state index contributed by atoms with van der Waals surface area (Å²) in [5.41, 5.74) is 1.61. The largest absolute Gasteiger partial charge is 0.468 e. The number of anilines is 2. The fourth-order valence-electron chi connectivity index (χ4n) is 4.03. The van der Waals surface area contributed by atoms with Crippen molar-refractivity contribution >= 4 is 23.5 Å². The number of nitrogens with zero attached hydrogens (tertiary/aromatic N) is 3. The van der Waals surface area contributed by atoms with Crippen molar-refractivity contribution in [3.63, 3.8) is 0 Å². The number of methoxy groups -OCH3 is 1. The van der Waals surface area contributed by atoms with Crippen molar-refractivity contribution in [2.24, 2.45) is 5.92 Å². The van der Waals surface area contributed by atoms with Crippen molar-refractivity contribution < 1.29 is 32.2 Å². The van der Waals surface area contributed by atoms with Gasteiger partial charge in [-0.05, 0) is 50.5 Å². The summed E-state index contributed by atoms with van der Waals surface area (Å²) in [5.74, 6) is -0.425. The lowest BCUT2D eigenvalue weighted by atomic mass is 10.1. The average molecular weight is 538 g/mol. The third kappa shape index (κ3) is 8.04. The second kappa shape index (κ2) is 12.4. The number of carbonyl (C=O) groups is 2. The van der Waals surface area contributed by atoms with Crippen LogP contribution in [0.4, 0.5) is 24.8 Å². The number of ether oxygens (including phenoxy) is 2. The Morgan fingerprint density at radius 1 is 1.13 bits per heavy atom. The predicted octanol–water partition coefficient (Wildman–Crippen LogP) is 4.43. The Kier molecular flexibility index (Phi) is 9.53. The van der Waals surface area contributed by atoms with E-state index in [1.807, 2.05) is 4.90 Å². The second-order valence-electron chi connectivity index (χ2n) is 9.61. The van der Waals surface area contributed by atoms with Gasteiger partial charge in [-0.25, -0.2) is 4.98 Å². The van der Waals surface area contributed by atoms with E-state index in [9.17, 15) is 22.8 Å². The Morgan fingerprint density at radius 3 is 2.42 bits per heavy atom. The van der Waals surface area contributed by atoms with E-state index in [0.29, 0.717) is 37.4 Å². The van der Waals surface area contributed by atoms with E-state index in [4.69, 9.17) is 9.47 Å². The van der Waals surface area contributed by atoms with Gasteiger partial charge in [-0.2, -0.15) is 18.2 Å². The van der Waals surface area contributed by atoms with E-state index in [2.05, 4.69) is 20.6 Å². The molecule has 3 heterocycles. The summed E-state index contributed by atoms with van der Waals surface area (Å²) in [6.07, 6.45) is -3.08. The number of hydrogen-bond acceptors (Lipinski definition) is 7. The number of aryl methyl sites for hydroxylation is 1. The standard InChI is InChI=1S/C26H34F3N5O4/c1-15(2)24(35)32-21-13-18(12-16(3)30-21)17(4)31-25(36)20-6-7-22(38-14-26(27,28)29)33-23(20)34-10-8-19(37-5)9-11-34/h6-7,12-13,15,17,19H,8-11,14H2,1-5H3,(H,31,36)(H,30,32,35). The number of piperidine rings is 1. The molecule has 0 radical (unpaired) electrons. The topological polar surface area (TPSA) is 106 Å². The van der Waals surface area contributed by atoms with Crippen LogP contribution in [-0.2, 0) is 9.53 Å². The number of pyridine rings is 2. The third-order valence-electron chi connectivity index (χ3n) is 6.15. The van der Waals surface area contributed by atoms with Crippen LogP contribution in [0.5, 0.6) is 5.88 Å². The molecular weight excluding hydrogens is 503 g/mol. The van der Waals surface area contributed by atoms with Gasteiger partial charge in [-0.15, -0.1) is 0 Å². The van der Waals surface area contributed by atoms with E-state index in [0.717, 1.165) is 5.56 Å².